The summed E-state index contributed by atoms with van der Waals surface area (Å²) in [6, 6.07) is 6.18. The van der Waals surface area contributed by atoms with Gasteiger partial charge in [-0.05, 0) is 42.5 Å². The molecule has 0 aliphatic rings. The molecule has 0 aliphatic heterocycles. The number of hydrogen-bond acceptors (Lipinski definition) is 7. The van der Waals surface area contributed by atoms with Crippen LogP contribution in [0.25, 0.3) is 0 Å². The molecule has 0 heterocycles. The minimum atomic E-state index is -0.675. The number of thioether (sulfide) groups is 1. The van der Waals surface area contributed by atoms with E-state index in [1.54, 1.807) is 30.0 Å². The topological polar surface area (TPSA) is 90.6 Å². The Morgan fingerprint density at radius 3 is 2.63 bits per heavy atom. The van der Waals surface area contributed by atoms with Crippen LogP contribution in [0.15, 0.2) is 36.4 Å². The summed E-state index contributed by atoms with van der Waals surface area (Å²) < 4.78 is 10.7. The van der Waals surface area contributed by atoms with Gasteiger partial charge in [0.1, 0.15) is 11.8 Å². The van der Waals surface area contributed by atoms with E-state index in [9.17, 15) is 9.59 Å². The van der Waals surface area contributed by atoms with Crippen molar-refractivity contribution in [3.8, 4) is 5.75 Å². The maximum absolute atomic E-state index is 12.6. The van der Waals surface area contributed by atoms with Gasteiger partial charge in [0.2, 0.25) is 0 Å². The van der Waals surface area contributed by atoms with E-state index in [2.05, 4.69) is 37.9 Å². The zero-order valence-electron chi connectivity index (χ0n) is 18.2. The number of carbonyl (C=O) groups excluding carboxylic acids is 2. The van der Waals surface area contributed by atoms with E-state index in [1.807, 2.05) is 18.4 Å². The normalized spacial score (nSPS) is 14.4. The van der Waals surface area contributed by atoms with Crippen LogP contribution in [0.1, 0.15) is 30.6 Å². The molecule has 0 saturated heterocycles. The fourth-order valence-electron chi connectivity index (χ4n) is 2.60. The van der Waals surface area contributed by atoms with Crippen LogP contribution in [0.2, 0.25) is 0 Å². The Balaban J connectivity index is 2.79. The molecule has 3 atom stereocenters. The summed E-state index contributed by atoms with van der Waals surface area (Å²) in [6.07, 6.45) is 6.47. The highest BCUT2D eigenvalue weighted by atomic mass is 32.2. The molecular weight excluding hydrogens is 420 g/mol. The highest BCUT2D eigenvalue weighted by Gasteiger charge is 2.22. The second-order valence-electron chi connectivity index (χ2n) is 7.31. The standard InChI is InChI=1S/C22H34N2O4S2/c1-15(2)17(8-9-18(23)14-29)13-28-19-7-5-6-16(12-19)21(25)24-20(10-11-30-4)22(26)27-3/h5-9,12,15,17-18,20,29H,10-11,13-14,23H2,1-4H3,(H,24,25). The van der Waals surface area contributed by atoms with Crippen LogP contribution in [-0.2, 0) is 9.53 Å². The SMILES string of the molecule is COC(=O)C(CCSC)NC(=O)c1cccc(OCC(C=CC(N)CS)C(C)C)c1. The Hall–Kier alpha value is -1.64. The van der Waals surface area contributed by atoms with E-state index in [4.69, 9.17) is 15.2 Å². The third kappa shape index (κ3) is 9.45. The highest BCUT2D eigenvalue weighted by molar-refractivity contribution is 7.98. The molecule has 1 aromatic rings. The van der Waals surface area contributed by atoms with Crippen molar-refractivity contribution in [3.63, 3.8) is 0 Å². The number of hydrogen-bond donors (Lipinski definition) is 3. The summed E-state index contributed by atoms with van der Waals surface area (Å²) in [7, 11) is 1.32. The van der Waals surface area contributed by atoms with Gasteiger partial charge >= 0.3 is 5.97 Å². The molecule has 0 aliphatic carbocycles. The molecule has 3 unspecified atom stereocenters. The third-order valence-electron chi connectivity index (χ3n) is 4.61. The number of thiol groups is 1. The molecule has 1 aromatic carbocycles. The first kappa shape index (κ1) is 26.4. The maximum Gasteiger partial charge on any atom is 0.328 e. The van der Waals surface area contributed by atoms with Gasteiger partial charge < -0.3 is 20.5 Å². The minimum Gasteiger partial charge on any atom is -0.493 e. The van der Waals surface area contributed by atoms with E-state index in [0.29, 0.717) is 36.0 Å². The van der Waals surface area contributed by atoms with E-state index in [0.717, 1.165) is 5.75 Å². The predicted octanol–water partition coefficient (Wildman–Crippen LogP) is 3.18. The zero-order valence-corrected chi connectivity index (χ0v) is 19.9. The lowest BCUT2D eigenvalue weighted by molar-refractivity contribution is -0.142. The fraction of sp³-hybridized carbons (Fsp3) is 0.545. The molecule has 168 valence electrons. The monoisotopic (exact) mass is 454 g/mol. The molecule has 0 fully saturated rings. The molecular formula is C22H34N2O4S2. The van der Waals surface area contributed by atoms with Gasteiger partial charge in [0.15, 0.2) is 0 Å². The summed E-state index contributed by atoms with van der Waals surface area (Å²) in [4.78, 5) is 24.6. The average Bonchev–Trinajstić information content (AvgIpc) is 2.75. The van der Waals surface area contributed by atoms with Gasteiger partial charge in [-0.2, -0.15) is 24.4 Å². The van der Waals surface area contributed by atoms with Gasteiger partial charge in [-0.3, -0.25) is 4.79 Å². The van der Waals surface area contributed by atoms with Gasteiger partial charge in [-0.15, -0.1) is 0 Å². The van der Waals surface area contributed by atoms with Crippen molar-refractivity contribution in [2.24, 2.45) is 17.6 Å². The molecule has 0 aromatic heterocycles. The van der Waals surface area contributed by atoms with Crippen molar-refractivity contribution in [2.45, 2.75) is 32.4 Å². The molecule has 8 heteroatoms. The molecule has 1 rings (SSSR count). The van der Waals surface area contributed by atoms with E-state index in [1.165, 1.54) is 7.11 Å². The minimum absolute atomic E-state index is 0.0875. The first-order chi connectivity index (χ1) is 14.3. The van der Waals surface area contributed by atoms with Gasteiger partial charge in [0, 0.05) is 23.3 Å². The summed E-state index contributed by atoms with van der Waals surface area (Å²) in [5.74, 6) is 1.69. The predicted molar refractivity (Wildman–Crippen MR) is 128 cm³/mol. The number of methoxy groups -OCH3 is 1. The van der Waals surface area contributed by atoms with Crippen LogP contribution in [0.3, 0.4) is 0 Å². The first-order valence-corrected chi connectivity index (χ1v) is 12.0. The van der Waals surface area contributed by atoms with Gasteiger partial charge in [0.05, 0.1) is 13.7 Å². The Morgan fingerprint density at radius 2 is 2.03 bits per heavy atom. The quantitative estimate of drug-likeness (QED) is 0.241. The molecule has 0 radical (unpaired) electrons. The Morgan fingerprint density at radius 1 is 1.30 bits per heavy atom. The van der Waals surface area contributed by atoms with Crippen molar-refractivity contribution in [3.05, 3.63) is 42.0 Å². The smallest absolute Gasteiger partial charge is 0.328 e. The number of nitrogens with two attached hydrogens (primary N) is 1. The second kappa shape index (κ2) is 14.4. The van der Waals surface area contributed by atoms with Crippen LogP contribution < -0.4 is 15.8 Å². The Labute approximate surface area is 189 Å². The van der Waals surface area contributed by atoms with Gasteiger partial charge in [-0.1, -0.05) is 32.1 Å². The van der Waals surface area contributed by atoms with Crippen LogP contribution >= 0.6 is 24.4 Å². The van der Waals surface area contributed by atoms with Crippen LogP contribution in [-0.4, -0.2) is 55.4 Å². The molecule has 0 bridgehead atoms. The van der Waals surface area contributed by atoms with Crippen molar-refractivity contribution < 1.29 is 19.1 Å². The number of amides is 1. The zero-order chi connectivity index (χ0) is 22.5. The number of ether oxygens (including phenoxy) is 2. The summed E-state index contributed by atoms with van der Waals surface area (Å²) in [5, 5.41) is 2.75. The number of esters is 1. The van der Waals surface area contributed by atoms with Crippen molar-refractivity contribution in [1.82, 2.24) is 5.32 Å². The molecule has 30 heavy (non-hydrogen) atoms. The van der Waals surface area contributed by atoms with E-state index < -0.39 is 12.0 Å². The lowest BCUT2D eigenvalue weighted by atomic mass is 9.96. The van der Waals surface area contributed by atoms with Crippen LogP contribution in [0.4, 0.5) is 0 Å². The molecule has 0 saturated carbocycles. The lowest BCUT2D eigenvalue weighted by Crippen LogP contribution is -2.41. The fourth-order valence-corrected chi connectivity index (χ4v) is 3.20. The number of rotatable bonds is 13. The van der Waals surface area contributed by atoms with Crippen LogP contribution in [0.5, 0.6) is 5.75 Å². The average molecular weight is 455 g/mol. The molecule has 6 nitrogen and oxygen atoms in total. The van der Waals surface area contributed by atoms with Gasteiger partial charge in [-0.25, -0.2) is 4.79 Å². The number of benzene rings is 1. The molecule has 1 amide bonds. The summed E-state index contributed by atoms with van der Waals surface area (Å²) >= 11 is 5.80. The molecule has 0 spiro atoms. The van der Waals surface area contributed by atoms with Crippen LogP contribution in [0, 0.1) is 11.8 Å². The third-order valence-corrected chi connectivity index (χ3v) is 5.68. The highest BCUT2D eigenvalue weighted by Crippen LogP contribution is 2.19. The lowest BCUT2D eigenvalue weighted by Gasteiger charge is -2.19. The Kier molecular flexibility index (Phi) is 12.7. The number of nitrogens with one attached hydrogen (secondary N) is 1. The van der Waals surface area contributed by atoms with Crippen molar-refractivity contribution in [2.75, 3.05) is 31.5 Å². The summed E-state index contributed by atoms with van der Waals surface area (Å²) in [5.41, 5.74) is 6.33. The van der Waals surface area contributed by atoms with E-state index in [-0.39, 0.29) is 17.9 Å². The van der Waals surface area contributed by atoms with Gasteiger partial charge in [0.25, 0.3) is 5.91 Å². The first-order valence-electron chi connectivity index (χ1n) is 9.97. The largest absolute Gasteiger partial charge is 0.493 e. The van der Waals surface area contributed by atoms with Crippen molar-refractivity contribution in [1.29, 1.82) is 0 Å². The Bertz CT molecular complexity index is 697. The molecule has 3 N–H and O–H groups in total. The summed E-state index contributed by atoms with van der Waals surface area (Å²) in [6.45, 7) is 4.71. The second-order valence-corrected chi connectivity index (χ2v) is 8.66. The van der Waals surface area contributed by atoms with Crippen molar-refractivity contribution >= 4 is 36.3 Å². The maximum atomic E-state index is 12.6. The number of carbonyl (C=O) groups is 2. The van der Waals surface area contributed by atoms with E-state index >= 15 is 0 Å².